The van der Waals surface area contributed by atoms with Crippen LogP contribution in [-0.4, -0.2) is 54.2 Å². The molecule has 0 atom stereocenters. The van der Waals surface area contributed by atoms with Gasteiger partial charge in [-0.05, 0) is 32.3 Å². The number of carbonyl (C=O) groups is 2. The maximum atomic E-state index is 13.0. The average molecular weight is 483 g/mol. The fraction of sp³-hybridized carbons (Fsp3) is 0.421. The lowest BCUT2D eigenvalue weighted by Gasteiger charge is -2.30. The Morgan fingerprint density at radius 3 is 2.66 bits per heavy atom. The standard InChI is InChI=1S/C19H22N4O7S2/c1-3-30-18(25)15-11-31-19(20-15)21-17(24)13-6-8-22(9-7-13)32(28,29)16-10-14(23(26)27)5-4-12(16)2/h4-5,10-11,13H,3,6-9H2,1-2H3,(H,20,21,24). The van der Waals surface area contributed by atoms with Crippen LogP contribution in [0.4, 0.5) is 10.8 Å². The number of rotatable bonds is 7. The van der Waals surface area contributed by atoms with Gasteiger partial charge in [-0.2, -0.15) is 4.31 Å². The van der Waals surface area contributed by atoms with Crippen LogP contribution in [-0.2, 0) is 19.6 Å². The number of non-ortho nitro benzene ring substituents is 1. The number of hydrogen-bond donors (Lipinski definition) is 1. The van der Waals surface area contributed by atoms with Gasteiger partial charge < -0.3 is 10.1 Å². The molecule has 0 spiro atoms. The molecule has 1 saturated heterocycles. The Hall–Kier alpha value is -2.90. The number of hydrogen-bond acceptors (Lipinski definition) is 9. The van der Waals surface area contributed by atoms with Crippen LogP contribution < -0.4 is 5.32 Å². The molecule has 0 aliphatic carbocycles. The maximum absolute atomic E-state index is 13.0. The highest BCUT2D eigenvalue weighted by molar-refractivity contribution is 7.89. The van der Waals surface area contributed by atoms with E-state index in [-0.39, 0.29) is 59.9 Å². The number of benzene rings is 1. The highest BCUT2D eigenvalue weighted by Crippen LogP contribution is 2.29. The summed E-state index contributed by atoms with van der Waals surface area (Å²) in [5.74, 6) is -1.31. The molecular weight excluding hydrogens is 460 g/mol. The Balaban J connectivity index is 1.63. The topological polar surface area (TPSA) is 149 Å². The third-order valence-electron chi connectivity index (χ3n) is 5.04. The number of aromatic nitrogens is 1. The van der Waals surface area contributed by atoms with E-state index in [0.717, 1.165) is 17.4 Å². The quantitative estimate of drug-likeness (QED) is 0.359. The Bertz CT molecular complexity index is 1140. The van der Waals surface area contributed by atoms with Crippen LogP contribution in [0, 0.1) is 23.0 Å². The number of nitrogens with zero attached hydrogens (tertiary/aromatic N) is 3. The first kappa shape index (κ1) is 23.8. The molecule has 11 nitrogen and oxygen atoms in total. The first-order chi connectivity index (χ1) is 15.1. The van der Waals surface area contributed by atoms with E-state index in [9.17, 15) is 28.1 Å². The van der Waals surface area contributed by atoms with E-state index in [2.05, 4.69) is 10.3 Å². The van der Waals surface area contributed by atoms with Gasteiger partial charge in [-0.1, -0.05) is 6.07 Å². The van der Waals surface area contributed by atoms with Crippen molar-refractivity contribution in [1.82, 2.24) is 9.29 Å². The predicted octanol–water partition coefficient (Wildman–Crippen LogP) is 2.58. The second-order valence-electron chi connectivity index (χ2n) is 7.13. The number of esters is 1. The van der Waals surface area contributed by atoms with Gasteiger partial charge in [-0.3, -0.25) is 14.9 Å². The Morgan fingerprint density at radius 2 is 2.03 bits per heavy atom. The largest absolute Gasteiger partial charge is 0.461 e. The molecule has 1 aromatic carbocycles. The molecule has 1 aromatic heterocycles. The number of thiazole rings is 1. The van der Waals surface area contributed by atoms with Crippen molar-refractivity contribution < 1.29 is 27.7 Å². The molecule has 1 aliphatic rings. The van der Waals surface area contributed by atoms with E-state index in [1.807, 2.05) is 0 Å². The molecule has 0 bridgehead atoms. The third kappa shape index (κ3) is 5.11. The van der Waals surface area contributed by atoms with Crippen LogP contribution in [0.2, 0.25) is 0 Å². The zero-order chi connectivity index (χ0) is 23.5. The molecule has 0 saturated carbocycles. The van der Waals surface area contributed by atoms with Crippen LogP contribution in [0.3, 0.4) is 0 Å². The number of nitro groups is 1. The van der Waals surface area contributed by atoms with Gasteiger partial charge in [0.15, 0.2) is 10.8 Å². The fourth-order valence-electron chi connectivity index (χ4n) is 3.32. The summed E-state index contributed by atoms with van der Waals surface area (Å²) in [4.78, 5) is 38.6. The Morgan fingerprint density at radius 1 is 1.34 bits per heavy atom. The first-order valence-corrected chi connectivity index (χ1v) is 12.1. The Labute approximate surface area is 188 Å². The zero-order valence-electron chi connectivity index (χ0n) is 17.4. The van der Waals surface area contributed by atoms with E-state index in [4.69, 9.17) is 4.74 Å². The number of carbonyl (C=O) groups excluding carboxylic acids is 2. The van der Waals surface area contributed by atoms with Gasteiger partial charge >= 0.3 is 5.97 Å². The highest BCUT2D eigenvalue weighted by atomic mass is 32.2. The lowest BCUT2D eigenvalue weighted by molar-refractivity contribution is -0.385. The summed E-state index contributed by atoms with van der Waals surface area (Å²) in [7, 11) is -3.93. The SMILES string of the molecule is CCOC(=O)c1csc(NC(=O)C2CCN(S(=O)(=O)c3cc([N+](=O)[O-])ccc3C)CC2)n1. The van der Waals surface area contributed by atoms with Crippen molar-refractivity contribution in [2.45, 2.75) is 31.6 Å². The van der Waals surface area contributed by atoms with Gasteiger partial charge in [0.2, 0.25) is 15.9 Å². The zero-order valence-corrected chi connectivity index (χ0v) is 19.1. The summed E-state index contributed by atoms with van der Waals surface area (Å²) in [5.41, 5.74) is 0.228. The van der Waals surface area contributed by atoms with Gasteiger partial charge in [0, 0.05) is 36.5 Å². The number of anilines is 1. The van der Waals surface area contributed by atoms with Gasteiger partial charge in [0.1, 0.15) is 0 Å². The molecule has 0 radical (unpaired) electrons. The molecule has 172 valence electrons. The van der Waals surface area contributed by atoms with Gasteiger partial charge in [-0.25, -0.2) is 18.2 Å². The van der Waals surface area contributed by atoms with Crippen molar-refractivity contribution >= 4 is 44.1 Å². The number of nitrogens with one attached hydrogen (secondary N) is 1. The van der Waals surface area contributed by atoms with E-state index in [1.54, 1.807) is 13.8 Å². The van der Waals surface area contributed by atoms with Crippen molar-refractivity contribution in [2.24, 2.45) is 5.92 Å². The van der Waals surface area contributed by atoms with Crippen LogP contribution in [0.1, 0.15) is 35.8 Å². The molecule has 3 rings (SSSR count). The summed E-state index contributed by atoms with van der Waals surface area (Å²) >= 11 is 1.10. The lowest BCUT2D eigenvalue weighted by Crippen LogP contribution is -2.41. The molecule has 1 amide bonds. The molecule has 0 unspecified atom stereocenters. The predicted molar refractivity (Wildman–Crippen MR) is 116 cm³/mol. The molecule has 1 fully saturated rings. The summed E-state index contributed by atoms with van der Waals surface area (Å²) < 4.78 is 32.1. The number of ether oxygens (including phenoxy) is 1. The normalized spacial score (nSPS) is 15.3. The molecule has 1 N–H and O–H groups in total. The lowest BCUT2D eigenvalue weighted by atomic mass is 9.97. The third-order valence-corrected chi connectivity index (χ3v) is 7.84. The van der Waals surface area contributed by atoms with E-state index < -0.39 is 26.8 Å². The molecule has 2 heterocycles. The van der Waals surface area contributed by atoms with Gasteiger partial charge in [-0.15, -0.1) is 11.3 Å². The van der Waals surface area contributed by atoms with Gasteiger partial charge in [0.25, 0.3) is 5.69 Å². The van der Waals surface area contributed by atoms with E-state index in [0.29, 0.717) is 5.56 Å². The van der Waals surface area contributed by atoms with E-state index >= 15 is 0 Å². The number of aryl methyl sites for hydroxylation is 1. The fourth-order valence-corrected chi connectivity index (χ4v) is 5.71. The molecule has 13 heteroatoms. The minimum atomic E-state index is -3.93. The van der Waals surface area contributed by atoms with Crippen LogP contribution >= 0.6 is 11.3 Å². The van der Waals surface area contributed by atoms with Crippen molar-refractivity contribution in [3.63, 3.8) is 0 Å². The molecule has 1 aliphatic heterocycles. The van der Waals surface area contributed by atoms with E-state index in [1.165, 1.54) is 21.8 Å². The maximum Gasteiger partial charge on any atom is 0.357 e. The van der Waals surface area contributed by atoms with Crippen molar-refractivity contribution in [2.75, 3.05) is 25.0 Å². The monoisotopic (exact) mass is 482 g/mol. The minimum absolute atomic E-state index is 0.106. The molecular formula is C19H22N4O7S2. The van der Waals surface area contributed by atoms with Crippen molar-refractivity contribution in [3.8, 4) is 0 Å². The highest BCUT2D eigenvalue weighted by Gasteiger charge is 2.34. The Kier molecular flexibility index (Phi) is 7.21. The van der Waals surface area contributed by atoms with Gasteiger partial charge in [0.05, 0.1) is 16.4 Å². The number of amides is 1. The second-order valence-corrected chi connectivity index (χ2v) is 9.90. The number of sulfonamides is 1. The van der Waals surface area contributed by atoms with Crippen molar-refractivity contribution in [1.29, 1.82) is 0 Å². The second kappa shape index (κ2) is 9.71. The minimum Gasteiger partial charge on any atom is -0.461 e. The molecule has 32 heavy (non-hydrogen) atoms. The summed E-state index contributed by atoms with van der Waals surface area (Å²) in [6.07, 6.45) is 0.574. The summed E-state index contributed by atoms with van der Waals surface area (Å²) in [6, 6.07) is 3.73. The summed E-state index contributed by atoms with van der Waals surface area (Å²) in [5, 5.41) is 15.4. The van der Waals surface area contributed by atoms with Crippen molar-refractivity contribution in [3.05, 3.63) is 45.0 Å². The smallest absolute Gasteiger partial charge is 0.357 e. The summed E-state index contributed by atoms with van der Waals surface area (Å²) in [6.45, 7) is 3.69. The average Bonchev–Trinajstić information content (AvgIpc) is 3.22. The van der Waals surface area contributed by atoms with Crippen LogP contribution in [0.5, 0.6) is 0 Å². The number of piperidine rings is 1. The molecule has 2 aromatic rings. The number of nitro benzene ring substituents is 1. The van der Waals surface area contributed by atoms with Crippen LogP contribution in [0.15, 0.2) is 28.5 Å². The van der Waals surface area contributed by atoms with Crippen LogP contribution in [0.25, 0.3) is 0 Å². The first-order valence-electron chi connectivity index (χ1n) is 9.82.